The molecule has 12 heteroatoms. The molecule has 6 aromatic rings. The van der Waals surface area contributed by atoms with Gasteiger partial charge >= 0.3 is 0 Å². The minimum absolute atomic E-state index is 0.249. The number of rotatable bonds is 7. The zero-order valence-corrected chi connectivity index (χ0v) is 29.2. The molecule has 0 saturated heterocycles. The van der Waals surface area contributed by atoms with Crippen molar-refractivity contribution in [3.8, 4) is 23.1 Å². The first-order chi connectivity index (χ1) is 20.7. The lowest BCUT2D eigenvalue weighted by molar-refractivity contribution is 0.284. The summed E-state index contributed by atoms with van der Waals surface area (Å²) >= 11 is 20.8. The average molecular weight is 852 g/mol. The fourth-order valence-electron chi connectivity index (χ4n) is 4.41. The summed E-state index contributed by atoms with van der Waals surface area (Å²) in [6, 6.07) is 22.1. The molecule has 0 aliphatic heterocycles. The number of para-hydroxylation sites is 1. The molecular weight excluding hydrogens is 833 g/mol. The SMILES string of the molecule is COc1cc(C=Nn2c(-c3cc4cc(Br)ccc4o3)nc3ccccc3c2=O)c(Br)c(Cl)c1OCc1ccc(Br)cc1Br. The van der Waals surface area contributed by atoms with Gasteiger partial charge in [0.15, 0.2) is 17.3 Å². The largest absolute Gasteiger partial charge is 0.493 e. The lowest BCUT2D eigenvalue weighted by atomic mass is 10.2. The Morgan fingerprint density at radius 2 is 1.77 bits per heavy atom. The van der Waals surface area contributed by atoms with Gasteiger partial charge in [0.25, 0.3) is 5.56 Å². The molecule has 0 amide bonds. The Morgan fingerprint density at radius 1 is 1.00 bits per heavy atom. The molecule has 0 bridgehead atoms. The number of aromatic nitrogens is 2. The van der Waals surface area contributed by atoms with Gasteiger partial charge in [-0.1, -0.05) is 77.6 Å². The van der Waals surface area contributed by atoms with E-state index in [-0.39, 0.29) is 18.0 Å². The fourth-order valence-corrected chi connectivity index (χ4v) is 6.60. The topological polar surface area (TPSA) is 78.9 Å². The van der Waals surface area contributed by atoms with Crippen LogP contribution in [-0.4, -0.2) is 23.0 Å². The number of furan rings is 1. The van der Waals surface area contributed by atoms with Crippen molar-refractivity contribution in [1.29, 1.82) is 0 Å². The summed E-state index contributed by atoms with van der Waals surface area (Å²) in [5, 5.41) is 6.13. The van der Waals surface area contributed by atoms with Gasteiger partial charge in [0.05, 0.1) is 24.2 Å². The van der Waals surface area contributed by atoms with Crippen molar-refractivity contribution in [1.82, 2.24) is 9.66 Å². The minimum Gasteiger partial charge on any atom is -0.493 e. The molecule has 0 fully saturated rings. The molecule has 0 aliphatic rings. The molecule has 2 heterocycles. The molecule has 0 spiro atoms. The first-order valence-corrected chi connectivity index (χ1v) is 16.2. The van der Waals surface area contributed by atoms with Crippen molar-refractivity contribution in [3.63, 3.8) is 0 Å². The van der Waals surface area contributed by atoms with Crippen LogP contribution in [0.1, 0.15) is 11.1 Å². The maximum atomic E-state index is 13.7. The number of ether oxygens (including phenoxy) is 2. The highest BCUT2D eigenvalue weighted by molar-refractivity contribution is 9.11. The molecule has 0 unspecified atom stereocenters. The van der Waals surface area contributed by atoms with Gasteiger partial charge in [-0.25, -0.2) is 4.98 Å². The van der Waals surface area contributed by atoms with Crippen LogP contribution in [0.4, 0.5) is 0 Å². The van der Waals surface area contributed by atoms with Crippen LogP contribution in [0.2, 0.25) is 5.02 Å². The normalized spacial score (nSPS) is 11.6. The quantitative estimate of drug-likeness (QED) is 0.150. The number of nitrogens with zero attached hydrogens (tertiary/aromatic N) is 3. The zero-order chi connectivity index (χ0) is 30.2. The van der Waals surface area contributed by atoms with Gasteiger partial charge in [-0.2, -0.15) is 9.78 Å². The fraction of sp³-hybridized carbons (Fsp3) is 0.0645. The van der Waals surface area contributed by atoms with Crippen LogP contribution in [0, 0.1) is 0 Å². The zero-order valence-electron chi connectivity index (χ0n) is 22.1. The predicted molar refractivity (Wildman–Crippen MR) is 184 cm³/mol. The van der Waals surface area contributed by atoms with E-state index in [2.05, 4.69) is 68.8 Å². The van der Waals surface area contributed by atoms with E-state index in [1.807, 2.05) is 48.5 Å². The number of halogens is 5. The predicted octanol–water partition coefficient (Wildman–Crippen LogP) is 9.98. The van der Waals surface area contributed by atoms with E-state index in [4.69, 9.17) is 30.5 Å². The van der Waals surface area contributed by atoms with Crippen LogP contribution < -0.4 is 15.0 Å². The third kappa shape index (κ3) is 6.06. The van der Waals surface area contributed by atoms with Crippen molar-refractivity contribution >= 4 is 103 Å². The van der Waals surface area contributed by atoms with Crippen LogP contribution in [0.5, 0.6) is 11.5 Å². The molecule has 0 atom stereocenters. The second kappa shape index (κ2) is 12.6. The Bertz CT molecular complexity index is 2130. The Morgan fingerprint density at radius 3 is 2.56 bits per heavy atom. The van der Waals surface area contributed by atoms with Gasteiger partial charge in [0.2, 0.25) is 5.82 Å². The summed E-state index contributed by atoms with van der Waals surface area (Å²) < 4.78 is 22.3. The maximum Gasteiger partial charge on any atom is 0.282 e. The summed E-state index contributed by atoms with van der Waals surface area (Å²) in [6.45, 7) is 0.249. The Labute approximate surface area is 284 Å². The third-order valence-corrected chi connectivity index (χ3v) is 9.70. The second-order valence-corrected chi connectivity index (χ2v) is 13.1. The molecular formula is C31H18Br4ClN3O4. The monoisotopic (exact) mass is 847 g/mol. The van der Waals surface area contributed by atoms with Gasteiger partial charge in [0.1, 0.15) is 17.2 Å². The van der Waals surface area contributed by atoms with Crippen molar-refractivity contribution in [2.45, 2.75) is 6.61 Å². The first-order valence-electron chi connectivity index (χ1n) is 12.6. The summed E-state index contributed by atoms with van der Waals surface area (Å²) in [4.78, 5) is 18.4. The van der Waals surface area contributed by atoms with E-state index in [0.29, 0.717) is 48.8 Å². The van der Waals surface area contributed by atoms with Gasteiger partial charge in [-0.15, -0.1) is 0 Å². The number of benzene rings is 4. The number of fused-ring (bicyclic) bond motifs is 2. The van der Waals surface area contributed by atoms with Crippen LogP contribution >= 0.6 is 75.3 Å². The van der Waals surface area contributed by atoms with Crippen LogP contribution in [0.15, 0.2) is 105 Å². The lowest BCUT2D eigenvalue weighted by Crippen LogP contribution is -2.20. The molecule has 43 heavy (non-hydrogen) atoms. The van der Waals surface area contributed by atoms with Crippen molar-refractivity contribution in [2.75, 3.05) is 7.11 Å². The number of methoxy groups -OCH3 is 1. The molecule has 6 rings (SSSR count). The summed E-state index contributed by atoms with van der Waals surface area (Å²) in [6.07, 6.45) is 1.51. The number of hydrogen-bond donors (Lipinski definition) is 0. The minimum atomic E-state index is -0.354. The molecule has 2 aromatic heterocycles. The average Bonchev–Trinajstić information content (AvgIpc) is 3.42. The Kier molecular flexibility index (Phi) is 8.79. The van der Waals surface area contributed by atoms with E-state index in [9.17, 15) is 4.79 Å². The Hall–Kier alpha value is -2.96. The number of hydrogen-bond acceptors (Lipinski definition) is 6. The van der Waals surface area contributed by atoms with Crippen molar-refractivity contribution < 1.29 is 13.9 Å². The van der Waals surface area contributed by atoms with E-state index in [1.165, 1.54) is 18.0 Å². The van der Waals surface area contributed by atoms with Crippen LogP contribution in [-0.2, 0) is 6.61 Å². The van der Waals surface area contributed by atoms with Crippen LogP contribution in [0.25, 0.3) is 33.5 Å². The molecule has 0 aliphatic carbocycles. The smallest absolute Gasteiger partial charge is 0.282 e. The third-order valence-electron chi connectivity index (χ3n) is 6.53. The van der Waals surface area contributed by atoms with Crippen LogP contribution in [0.3, 0.4) is 0 Å². The highest BCUT2D eigenvalue weighted by atomic mass is 79.9. The van der Waals surface area contributed by atoms with E-state index in [1.54, 1.807) is 24.3 Å². The van der Waals surface area contributed by atoms with Gasteiger partial charge in [-0.3, -0.25) is 4.79 Å². The Balaban J connectivity index is 1.42. The first kappa shape index (κ1) is 30.1. The maximum absolute atomic E-state index is 13.7. The summed E-state index contributed by atoms with van der Waals surface area (Å²) in [5.41, 5.74) is 2.31. The van der Waals surface area contributed by atoms with Gasteiger partial charge < -0.3 is 13.9 Å². The second-order valence-electron chi connectivity index (χ2n) is 9.26. The van der Waals surface area contributed by atoms with E-state index < -0.39 is 0 Å². The van der Waals surface area contributed by atoms with Gasteiger partial charge in [-0.05, 0) is 70.5 Å². The molecule has 0 radical (unpaired) electrons. The molecule has 7 nitrogen and oxygen atoms in total. The highest BCUT2D eigenvalue weighted by Crippen LogP contribution is 2.43. The van der Waals surface area contributed by atoms with E-state index >= 15 is 0 Å². The lowest BCUT2D eigenvalue weighted by Gasteiger charge is -2.16. The van der Waals surface area contributed by atoms with Crippen molar-refractivity contribution in [2.24, 2.45) is 5.10 Å². The summed E-state index contributed by atoms with van der Waals surface area (Å²) in [5.74, 6) is 1.41. The van der Waals surface area contributed by atoms with E-state index in [0.717, 1.165) is 24.4 Å². The standard InChI is InChI=1S/C31H18Br4ClN3O4/c1-41-25-12-18(27(35)28(36)29(25)42-15-16-6-7-20(33)13-22(16)34)14-37-39-30(38-23-5-3-2-4-21(23)31(39)40)26-11-17-10-19(32)8-9-24(17)43-26/h2-14H,15H2,1H3. The highest BCUT2D eigenvalue weighted by Gasteiger charge is 2.20. The van der Waals surface area contributed by atoms with Crippen molar-refractivity contribution in [3.05, 3.63) is 117 Å². The molecule has 216 valence electrons. The summed E-state index contributed by atoms with van der Waals surface area (Å²) in [7, 11) is 1.53. The molecule has 0 N–H and O–H groups in total. The van der Waals surface area contributed by atoms with Gasteiger partial charge in [0, 0.05) is 34.4 Å². The molecule has 0 saturated carbocycles. The molecule has 4 aromatic carbocycles.